The van der Waals surface area contributed by atoms with Gasteiger partial charge in [-0.3, -0.25) is 4.90 Å². The van der Waals surface area contributed by atoms with Crippen LogP contribution in [0.15, 0.2) is 6.07 Å². The van der Waals surface area contributed by atoms with Gasteiger partial charge in [0.2, 0.25) is 0 Å². The second-order valence-corrected chi connectivity index (χ2v) is 11.5. The molecule has 2 unspecified atom stereocenters. The van der Waals surface area contributed by atoms with E-state index in [2.05, 4.69) is 27.0 Å². The average Bonchev–Trinajstić information content (AvgIpc) is 3.45. The summed E-state index contributed by atoms with van der Waals surface area (Å²) in [6, 6.07) is 1.37. The highest BCUT2D eigenvalue weighted by molar-refractivity contribution is 5.59. The SMILES string of the molecule is CC#Cc1cc(N)c(F)c([C@@H]2Cc3nc(OC[C@@H]4C[C@@H](F)CN4C)nc(N4CC5CCC(C4)N5)c3CO2)c1C(F)(F)F. The highest BCUT2D eigenvalue weighted by Gasteiger charge is 2.43. The van der Waals surface area contributed by atoms with Gasteiger partial charge in [0.1, 0.15) is 18.6 Å². The molecule has 3 saturated heterocycles. The summed E-state index contributed by atoms with van der Waals surface area (Å²) in [5, 5.41) is 3.57. The summed E-state index contributed by atoms with van der Waals surface area (Å²) in [4.78, 5) is 13.3. The van der Waals surface area contributed by atoms with E-state index in [0.717, 1.165) is 18.9 Å². The number of ether oxygens (including phenoxy) is 2. The number of hydrogen-bond donors (Lipinski definition) is 2. The fourth-order valence-corrected chi connectivity index (χ4v) is 6.63. The summed E-state index contributed by atoms with van der Waals surface area (Å²) >= 11 is 0. The van der Waals surface area contributed by atoms with E-state index in [1.165, 1.54) is 6.92 Å². The van der Waals surface area contributed by atoms with Crippen molar-refractivity contribution in [3.63, 3.8) is 0 Å². The molecule has 0 aliphatic carbocycles. The Balaban J connectivity index is 1.38. The molecule has 3 fully saturated rings. The monoisotopic (exact) mass is 592 g/mol. The number of benzene rings is 1. The Kier molecular flexibility index (Phi) is 7.66. The summed E-state index contributed by atoms with van der Waals surface area (Å²) < 4.78 is 84.3. The van der Waals surface area contributed by atoms with Crippen LogP contribution in [0.1, 0.15) is 60.2 Å². The molecule has 0 radical (unpaired) electrons. The van der Waals surface area contributed by atoms with Gasteiger partial charge in [0.15, 0.2) is 5.82 Å². The van der Waals surface area contributed by atoms with Crippen LogP contribution in [0.3, 0.4) is 0 Å². The van der Waals surface area contributed by atoms with Crippen molar-refractivity contribution in [3.05, 3.63) is 39.8 Å². The molecule has 0 amide bonds. The number of nitrogen functional groups attached to an aromatic ring is 1. The van der Waals surface area contributed by atoms with E-state index >= 15 is 4.39 Å². The van der Waals surface area contributed by atoms with Gasteiger partial charge in [0, 0.05) is 60.9 Å². The summed E-state index contributed by atoms with van der Waals surface area (Å²) in [7, 11) is 1.82. The number of alkyl halides is 4. The van der Waals surface area contributed by atoms with Gasteiger partial charge in [-0.25, -0.2) is 8.78 Å². The van der Waals surface area contributed by atoms with Crippen molar-refractivity contribution in [3.8, 4) is 17.9 Å². The minimum Gasteiger partial charge on any atom is -0.462 e. The topological polar surface area (TPSA) is 88.8 Å². The predicted octanol–water partition coefficient (Wildman–Crippen LogP) is 3.76. The summed E-state index contributed by atoms with van der Waals surface area (Å²) in [6.07, 6.45) is -4.94. The van der Waals surface area contributed by atoms with E-state index in [4.69, 9.17) is 20.2 Å². The Morgan fingerprint density at radius 1 is 1.19 bits per heavy atom. The molecule has 8 nitrogen and oxygen atoms in total. The third kappa shape index (κ3) is 5.47. The number of rotatable bonds is 5. The molecule has 4 aliphatic heterocycles. The zero-order valence-corrected chi connectivity index (χ0v) is 23.4. The Morgan fingerprint density at radius 3 is 2.57 bits per heavy atom. The molecule has 1 aromatic carbocycles. The molecule has 1 aromatic heterocycles. The minimum atomic E-state index is -4.90. The van der Waals surface area contributed by atoms with Crippen LogP contribution in [0.25, 0.3) is 0 Å². The first-order valence-corrected chi connectivity index (χ1v) is 14.1. The fraction of sp³-hybridized carbons (Fsp3) is 0.586. The van der Waals surface area contributed by atoms with Crippen molar-refractivity contribution in [1.82, 2.24) is 20.2 Å². The number of likely N-dealkylation sites (tertiary alicyclic amines) is 1. The van der Waals surface area contributed by atoms with Gasteiger partial charge in [-0.2, -0.15) is 23.1 Å². The molecule has 5 heterocycles. The van der Waals surface area contributed by atoms with E-state index in [-0.39, 0.29) is 31.7 Å². The van der Waals surface area contributed by atoms with Crippen LogP contribution >= 0.6 is 0 Å². The third-order valence-corrected chi connectivity index (χ3v) is 8.61. The number of nitrogens with two attached hydrogens (primary N) is 1. The lowest BCUT2D eigenvalue weighted by atomic mass is 9.90. The van der Waals surface area contributed by atoms with Gasteiger partial charge in [-0.1, -0.05) is 5.92 Å². The number of likely N-dealkylation sites (N-methyl/N-ethyl adjacent to an activating group) is 1. The Morgan fingerprint density at radius 2 is 1.93 bits per heavy atom. The molecule has 226 valence electrons. The summed E-state index contributed by atoms with van der Waals surface area (Å²) in [6.45, 7) is 3.13. The van der Waals surface area contributed by atoms with Crippen LogP contribution in [-0.4, -0.2) is 72.5 Å². The number of piperazine rings is 1. The number of aromatic nitrogens is 2. The molecular weight excluding hydrogens is 559 g/mol. The average molecular weight is 593 g/mol. The van der Waals surface area contributed by atoms with Crippen LogP contribution in [0.4, 0.5) is 33.5 Å². The third-order valence-electron chi connectivity index (χ3n) is 8.61. The smallest absolute Gasteiger partial charge is 0.418 e. The molecule has 4 aliphatic rings. The number of fused-ring (bicyclic) bond motifs is 3. The van der Waals surface area contributed by atoms with Crippen LogP contribution in [0.2, 0.25) is 0 Å². The fourth-order valence-electron chi connectivity index (χ4n) is 6.63. The lowest BCUT2D eigenvalue weighted by Gasteiger charge is -2.36. The Labute approximate surface area is 240 Å². The lowest BCUT2D eigenvalue weighted by molar-refractivity contribution is -0.140. The van der Waals surface area contributed by atoms with E-state index < -0.39 is 46.6 Å². The number of halogens is 5. The molecule has 42 heavy (non-hydrogen) atoms. The van der Waals surface area contributed by atoms with Gasteiger partial charge in [0.05, 0.1) is 29.7 Å². The minimum absolute atomic E-state index is 0.0487. The number of anilines is 2. The Hall–Kier alpha value is -3.21. The molecule has 0 saturated carbocycles. The highest BCUT2D eigenvalue weighted by Crippen LogP contribution is 2.44. The normalized spacial score (nSPS) is 27.5. The molecule has 3 N–H and O–H groups in total. The molecule has 0 spiro atoms. The number of nitrogens with zero attached hydrogens (tertiary/aromatic N) is 4. The largest absolute Gasteiger partial charge is 0.462 e. The maximum absolute atomic E-state index is 15.4. The first kappa shape index (κ1) is 28.9. The molecule has 6 rings (SSSR count). The van der Waals surface area contributed by atoms with Crippen LogP contribution in [0, 0.1) is 17.7 Å². The van der Waals surface area contributed by atoms with Gasteiger partial charge >= 0.3 is 12.2 Å². The van der Waals surface area contributed by atoms with Crippen LogP contribution < -0.4 is 20.7 Å². The van der Waals surface area contributed by atoms with Crippen molar-refractivity contribution in [2.75, 3.05) is 43.9 Å². The number of hydrogen-bond acceptors (Lipinski definition) is 8. The second kappa shape index (κ2) is 11.1. The van der Waals surface area contributed by atoms with Crippen molar-refractivity contribution in [1.29, 1.82) is 0 Å². The molecule has 5 atom stereocenters. The van der Waals surface area contributed by atoms with Gasteiger partial charge in [0.25, 0.3) is 0 Å². The number of nitrogens with one attached hydrogen (secondary N) is 1. The van der Waals surface area contributed by atoms with Crippen LogP contribution in [0.5, 0.6) is 6.01 Å². The van der Waals surface area contributed by atoms with Crippen molar-refractivity contribution in [2.45, 2.75) is 75.8 Å². The Bertz CT molecular complexity index is 1410. The molecule has 13 heteroatoms. The first-order valence-electron chi connectivity index (χ1n) is 14.1. The van der Waals surface area contributed by atoms with E-state index in [9.17, 15) is 17.6 Å². The second-order valence-electron chi connectivity index (χ2n) is 11.5. The quantitative estimate of drug-likeness (QED) is 0.309. The van der Waals surface area contributed by atoms with Crippen molar-refractivity contribution in [2.24, 2.45) is 0 Å². The summed E-state index contributed by atoms with van der Waals surface area (Å²) in [5.41, 5.74) is 4.11. The van der Waals surface area contributed by atoms with Gasteiger partial charge < -0.3 is 25.4 Å². The highest BCUT2D eigenvalue weighted by atomic mass is 19.4. The zero-order valence-electron chi connectivity index (χ0n) is 23.4. The van der Waals surface area contributed by atoms with E-state index in [1.54, 1.807) is 0 Å². The standard InChI is InChI=1S/C29H33F5N6O2/c1-3-4-15-7-21(35)26(31)24(25(15)29(32,33)34)23-9-22-20(14-41-23)27(40-11-17-5-6-18(12-40)36-17)38-28(37-22)42-13-19-8-16(30)10-39(19)2/h7,16-19,23,36H,5-6,8-14,35H2,1-2H3/t16-,17?,18?,19+,23+/m1/s1. The predicted molar refractivity (Wildman–Crippen MR) is 145 cm³/mol. The van der Waals surface area contributed by atoms with Crippen molar-refractivity contribution < 1.29 is 31.4 Å². The molecule has 2 bridgehead atoms. The summed E-state index contributed by atoms with van der Waals surface area (Å²) in [5.74, 6) is 4.27. The van der Waals surface area contributed by atoms with E-state index in [1.807, 2.05) is 11.9 Å². The molecular formula is C29H33F5N6O2. The van der Waals surface area contributed by atoms with Gasteiger partial charge in [-0.15, -0.1) is 5.92 Å². The molecule has 2 aromatic rings. The van der Waals surface area contributed by atoms with E-state index in [0.29, 0.717) is 55.2 Å². The van der Waals surface area contributed by atoms with Crippen molar-refractivity contribution >= 4 is 11.5 Å². The van der Waals surface area contributed by atoms with Gasteiger partial charge in [-0.05, 0) is 39.3 Å². The zero-order chi connectivity index (χ0) is 29.8. The maximum Gasteiger partial charge on any atom is 0.418 e. The first-order chi connectivity index (χ1) is 20.0. The maximum atomic E-state index is 15.4. The van der Waals surface area contributed by atoms with Crippen LogP contribution in [-0.2, 0) is 23.9 Å². The lowest BCUT2D eigenvalue weighted by Crippen LogP contribution is -2.51.